The largest absolute Gasteiger partial charge is 0.396 e. The summed E-state index contributed by atoms with van der Waals surface area (Å²) >= 11 is 0. The topological polar surface area (TPSA) is 66.4 Å². The molecule has 0 unspecified atom stereocenters. The van der Waals surface area contributed by atoms with Crippen molar-refractivity contribution >= 4 is 11.8 Å². The molecule has 0 heterocycles. The van der Waals surface area contributed by atoms with Gasteiger partial charge in [0.05, 0.1) is 0 Å². The summed E-state index contributed by atoms with van der Waals surface area (Å²) in [6, 6.07) is 0. The van der Waals surface area contributed by atoms with Gasteiger partial charge in [0.1, 0.15) is 0 Å². The highest BCUT2D eigenvalue weighted by Crippen LogP contribution is 2.15. The van der Waals surface area contributed by atoms with E-state index in [2.05, 4.69) is 12.2 Å². The van der Waals surface area contributed by atoms with Crippen LogP contribution in [0.3, 0.4) is 0 Å². The monoisotopic (exact) mass is 552 g/mol. The lowest BCUT2D eigenvalue weighted by Gasteiger charge is -2.05. The summed E-state index contributed by atoms with van der Waals surface area (Å²) < 4.78 is 0. The second kappa shape index (κ2) is 33.3. The van der Waals surface area contributed by atoms with E-state index in [0.717, 1.165) is 32.1 Å². The Balaban J connectivity index is 3.27. The van der Waals surface area contributed by atoms with E-state index in [1.165, 1.54) is 154 Å². The van der Waals surface area contributed by atoms with Crippen LogP contribution in [-0.4, -0.2) is 23.5 Å². The minimum Gasteiger partial charge on any atom is -0.396 e. The summed E-state index contributed by atoms with van der Waals surface area (Å²) in [5.74, 6) is -0.166. The summed E-state index contributed by atoms with van der Waals surface area (Å²) in [5, 5.41) is 11.4. The predicted octanol–water partition coefficient (Wildman–Crippen LogP) is 10.7. The number of amides is 2. The molecule has 232 valence electrons. The van der Waals surface area contributed by atoms with E-state index in [1.54, 1.807) is 0 Å². The maximum atomic E-state index is 12.0. The first kappa shape index (κ1) is 38.1. The highest BCUT2D eigenvalue weighted by atomic mass is 16.3. The molecule has 0 atom stereocenters. The van der Waals surface area contributed by atoms with Crippen LogP contribution < -0.4 is 5.32 Å². The molecule has 0 saturated heterocycles. The van der Waals surface area contributed by atoms with E-state index < -0.39 is 0 Å². The molecular weight excluding hydrogens is 482 g/mol. The molecule has 0 aromatic carbocycles. The number of aliphatic hydroxyl groups excluding tert-OH is 1. The van der Waals surface area contributed by atoms with Crippen LogP contribution in [0.25, 0.3) is 0 Å². The molecule has 0 aromatic rings. The van der Waals surface area contributed by atoms with Crippen LogP contribution >= 0.6 is 0 Å². The Labute approximate surface area is 244 Å². The zero-order valence-electron chi connectivity index (χ0n) is 26.4. The molecule has 0 spiro atoms. The van der Waals surface area contributed by atoms with Crippen LogP contribution in [0.15, 0.2) is 0 Å². The number of nitrogens with one attached hydrogen (secondary N) is 1. The molecule has 4 heteroatoms. The van der Waals surface area contributed by atoms with Crippen molar-refractivity contribution in [2.75, 3.05) is 6.61 Å². The SMILES string of the molecule is CCCCCCCCCCCCCCCC(=O)NC(=O)CCCCCCCCCCCCCCCCCCO. The Morgan fingerprint density at radius 3 is 0.872 bits per heavy atom. The third kappa shape index (κ3) is 33.2. The number of carbonyl (C=O) groups excluding carboxylic acids is 2. The molecule has 39 heavy (non-hydrogen) atoms. The molecule has 2 N–H and O–H groups in total. The summed E-state index contributed by atoms with van der Waals surface area (Å²) in [6.07, 6.45) is 38.0. The number of carbonyl (C=O) groups is 2. The molecule has 0 bridgehead atoms. The van der Waals surface area contributed by atoms with E-state index in [9.17, 15) is 9.59 Å². The van der Waals surface area contributed by atoms with Gasteiger partial charge in [-0.1, -0.05) is 174 Å². The molecule has 0 aliphatic carbocycles. The van der Waals surface area contributed by atoms with E-state index in [0.29, 0.717) is 19.4 Å². The van der Waals surface area contributed by atoms with Gasteiger partial charge < -0.3 is 5.11 Å². The third-order valence-corrected chi connectivity index (χ3v) is 8.10. The van der Waals surface area contributed by atoms with Crippen LogP contribution in [-0.2, 0) is 9.59 Å². The predicted molar refractivity (Wildman–Crippen MR) is 169 cm³/mol. The van der Waals surface area contributed by atoms with Crippen LogP contribution in [0, 0.1) is 0 Å². The second-order valence-corrected chi connectivity index (χ2v) is 12.1. The van der Waals surface area contributed by atoms with Gasteiger partial charge >= 0.3 is 0 Å². The van der Waals surface area contributed by atoms with Crippen molar-refractivity contribution in [3.63, 3.8) is 0 Å². The van der Waals surface area contributed by atoms with Gasteiger partial charge in [-0.15, -0.1) is 0 Å². The minimum atomic E-state index is -0.0835. The number of unbranched alkanes of at least 4 members (excludes halogenated alkanes) is 27. The fourth-order valence-corrected chi connectivity index (χ4v) is 5.46. The first-order chi connectivity index (χ1) is 19.2. The van der Waals surface area contributed by atoms with E-state index >= 15 is 0 Å². The number of hydrogen-bond acceptors (Lipinski definition) is 3. The Hall–Kier alpha value is -0.900. The van der Waals surface area contributed by atoms with Crippen LogP contribution in [0.5, 0.6) is 0 Å². The van der Waals surface area contributed by atoms with Crippen LogP contribution in [0.1, 0.15) is 206 Å². The molecule has 0 radical (unpaired) electrons. The molecule has 0 rings (SSSR count). The first-order valence-corrected chi connectivity index (χ1v) is 17.6. The lowest BCUT2D eigenvalue weighted by molar-refractivity contribution is -0.130. The summed E-state index contributed by atoms with van der Waals surface area (Å²) in [4.78, 5) is 24.0. The molecule has 2 amide bonds. The molecule has 0 aromatic heterocycles. The lowest BCUT2D eigenvalue weighted by Crippen LogP contribution is -2.29. The van der Waals surface area contributed by atoms with E-state index in [4.69, 9.17) is 5.11 Å². The average Bonchev–Trinajstić information content (AvgIpc) is 2.93. The number of imide groups is 1. The Morgan fingerprint density at radius 2 is 0.615 bits per heavy atom. The van der Waals surface area contributed by atoms with Crippen LogP contribution in [0.2, 0.25) is 0 Å². The van der Waals surface area contributed by atoms with Crippen molar-refractivity contribution in [3.8, 4) is 0 Å². The molecule has 0 fully saturated rings. The highest BCUT2D eigenvalue weighted by Gasteiger charge is 2.07. The Kier molecular flexibility index (Phi) is 32.5. The summed E-state index contributed by atoms with van der Waals surface area (Å²) in [7, 11) is 0. The third-order valence-electron chi connectivity index (χ3n) is 8.10. The van der Waals surface area contributed by atoms with E-state index in [1.807, 2.05) is 0 Å². The quantitative estimate of drug-likeness (QED) is 0.0817. The zero-order chi connectivity index (χ0) is 28.5. The Bertz CT molecular complexity index is 508. The lowest BCUT2D eigenvalue weighted by atomic mass is 10.0. The average molecular weight is 552 g/mol. The van der Waals surface area contributed by atoms with E-state index in [-0.39, 0.29) is 11.8 Å². The highest BCUT2D eigenvalue weighted by molar-refractivity contribution is 5.95. The standard InChI is InChI=1S/C35H69NO3/c1-2-3-4-5-6-7-8-13-16-19-22-25-28-31-34(38)36-35(39)32-29-26-23-20-17-14-11-9-10-12-15-18-21-24-27-30-33-37/h37H,2-33H2,1H3,(H,36,38,39). The van der Waals surface area contributed by atoms with Gasteiger partial charge in [-0.2, -0.15) is 0 Å². The molecule has 0 aliphatic heterocycles. The van der Waals surface area contributed by atoms with Gasteiger partial charge in [0.25, 0.3) is 0 Å². The van der Waals surface area contributed by atoms with Crippen molar-refractivity contribution < 1.29 is 14.7 Å². The molecule has 4 nitrogen and oxygen atoms in total. The summed E-state index contributed by atoms with van der Waals surface area (Å²) in [6.45, 7) is 2.62. The van der Waals surface area contributed by atoms with Gasteiger partial charge in [-0.05, 0) is 19.3 Å². The first-order valence-electron chi connectivity index (χ1n) is 17.6. The smallest absolute Gasteiger partial charge is 0.226 e. The molecular formula is C35H69NO3. The Morgan fingerprint density at radius 1 is 0.385 bits per heavy atom. The fourth-order valence-electron chi connectivity index (χ4n) is 5.46. The normalized spacial score (nSPS) is 11.2. The van der Waals surface area contributed by atoms with Crippen molar-refractivity contribution in [1.29, 1.82) is 0 Å². The minimum absolute atomic E-state index is 0.0823. The maximum absolute atomic E-state index is 12.0. The fraction of sp³-hybridized carbons (Fsp3) is 0.943. The summed E-state index contributed by atoms with van der Waals surface area (Å²) in [5.41, 5.74) is 0. The van der Waals surface area contributed by atoms with Gasteiger partial charge in [0.2, 0.25) is 11.8 Å². The number of hydrogen-bond donors (Lipinski definition) is 2. The van der Waals surface area contributed by atoms with Crippen molar-refractivity contribution in [2.45, 2.75) is 206 Å². The van der Waals surface area contributed by atoms with Gasteiger partial charge in [-0.25, -0.2) is 0 Å². The van der Waals surface area contributed by atoms with Gasteiger partial charge in [-0.3, -0.25) is 14.9 Å². The van der Waals surface area contributed by atoms with Gasteiger partial charge in [0, 0.05) is 19.4 Å². The van der Waals surface area contributed by atoms with Crippen LogP contribution in [0.4, 0.5) is 0 Å². The maximum Gasteiger partial charge on any atom is 0.226 e. The molecule has 0 saturated carbocycles. The number of rotatable bonds is 32. The zero-order valence-corrected chi connectivity index (χ0v) is 26.4. The van der Waals surface area contributed by atoms with Crippen molar-refractivity contribution in [3.05, 3.63) is 0 Å². The number of aliphatic hydroxyl groups is 1. The van der Waals surface area contributed by atoms with Gasteiger partial charge in [0.15, 0.2) is 0 Å². The van der Waals surface area contributed by atoms with Crippen molar-refractivity contribution in [2.24, 2.45) is 0 Å². The van der Waals surface area contributed by atoms with Crippen molar-refractivity contribution in [1.82, 2.24) is 5.32 Å². The second-order valence-electron chi connectivity index (χ2n) is 12.1. The molecule has 0 aliphatic rings.